The van der Waals surface area contributed by atoms with E-state index in [0.29, 0.717) is 12.5 Å². The van der Waals surface area contributed by atoms with Gasteiger partial charge in [0.15, 0.2) is 0 Å². The highest BCUT2D eigenvalue weighted by Gasteiger charge is 2.29. The van der Waals surface area contributed by atoms with Gasteiger partial charge < -0.3 is 16.2 Å². The van der Waals surface area contributed by atoms with Crippen LogP contribution in [0, 0.1) is 17.8 Å². The van der Waals surface area contributed by atoms with Crippen LogP contribution in [0.4, 0.5) is 0 Å². The minimum atomic E-state index is -0.679. The maximum Gasteiger partial charge on any atom is 0.306 e. The van der Waals surface area contributed by atoms with Crippen molar-refractivity contribution in [2.24, 2.45) is 23.5 Å². The van der Waals surface area contributed by atoms with E-state index in [9.17, 15) is 9.59 Å². The number of amides is 1. The standard InChI is InChI=1S/C16H28N2O3/c17-14-5-3-1-2-4-13(14)15(19)18-10-11-6-8-12(9-7-11)16(20)21/h11-14H,1-10,17H2,(H,18,19)(H,20,21). The monoisotopic (exact) mass is 296 g/mol. The van der Waals surface area contributed by atoms with Crippen molar-refractivity contribution < 1.29 is 14.7 Å². The number of rotatable bonds is 4. The molecule has 0 radical (unpaired) electrons. The lowest BCUT2D eigenvalue weighted by atomic mass is 9.82. The summed E-state index contributed by atoms with van der Waals surface area (Å²) in [5.74, 6) is -0.381. The number of carboxylic acids is 1. The number of hydrogen-bond donors (Lipinski definition) is 3. The largest absolute Gasteiger partial charge is 0.481 e. The fourth-order valence-corrected chi connectivity index (χ4v) is 3.65. The molecule has 2 rings (SSSR count). The van der Waals surface area contributed by atoms with Crippen LogP contribution in [0.3, 0.4) is 0 Å². The van der Waals surface area contributed by atoms with Crippen LogP contribution >= 0.6 is 0 Å². The third kappa shape index (κ3) is 4.70. The molecule has 2 fully saturated rings. The fraction of sp³-hybridized carbons (Fsp3) is 0.875. The average molecular weight is 296 g/mol. The zero-order valence-corrected chi connectivity index (χ0v) is 12.7. The van der Waals surface area contributed by atoms with E-state index in [-0.39, 0.29) is 23.8 Å². The van der Waals surface area contributed by atoms with Gasteiger partial charge in [0, 0.05) is 12.6 Å². The van der Waals surface area contributed by atoms with Gasteiger partial charge in [0.25, 0.3) is 0 Å². The molecule has 2 aliphatic rings. The van der Waals surface area contributed by atoms with E-state index >= 15 is 0 Å². The van der Waals surface area contributed by atoms with Crippen LogP contribution in [-0.2, 0) is 9.59 Å². The Kier molecular flexibility index (Phi) is 6.03. The van der Waals surface area contributed by atoms with Gasteiger partial charge in [-0.2, -0.15) is 0 Å². The number of carbonyl (C=O) groups excluding carboxylic acids is 1. The van der Waals surface area contributed by atoms with Crippen LogP contribution in [0.15, 0.2) is 0 Å². The zero-order chi connectivity index (χ0) is 15.2. The van der Waals surface area contributed by atoms with Crippen molar-refractivity contribution in [1.29, 1.82) is 0 Å². The summed E-state index contributed by atoms with van der Waals surface area (Å²) in [6.45, 7) is 0.675. The zero-order valence-electron chi connectivity index (χ0n) is 12.7. The predicted octanol–water partition coefficient (Wildman–Crippen LogP) is 1.90. The molecule has 0 spiro atoms. The molecule has 4 N–H and O–H groups in total. The third-order valence-electron chi connectivity index (χ3n) is 5.17. The van der Waals surface area contributed by atoms with E-state index in [0.717, 1.165) is 51.4 Å². The first-order valence-corrected chi connectivity index (χ1v) is 8.34. The van der Waals surface area contributed by atoms with Gasteiger partial charge in [0.2, 0.25) is 5.91 Å². The minimum Gasteiger partial charge on any atom is -0.481 e. The second kappa shape index (κ2) is 7.78. The Morgan fingerprint density at radius 1 is 1.00 bits per heavy atom. The summed E-state index contributed by atoms with van der Waals surface area (Å²) in [6.07, 6.45) is 8.51. The van der Waals surface area contributed by atoms with Gasteiger partial charge in [-0.15, -0.1) is 0 Å². The predicted molar refractivity (Wildman–Crippen MR) is 80.6 cm³/mol. The maximum atomic E-state index is 12.3. The minimum absolute atomic E-state index is 0.00440. The highest BCUT2D eigenvalue weighted by atomic mass is 16.4. The SMILES string of the molecule is NC1CCCCCC1C(=O)NCC1CCC(C(=O)O)CC1. The Morgan fingerprint density at radius 3 is 2.33 bits per heavy atom. The van der Waals surface area contributed by atoms with E-state index in [1.807, 2.05) is 0 Å². The molecule has 0 aromatic heterocycles. The van der Waals surface area contributed by atoms with Crippen molar-refractivity contribution in [3.8, 4) is 0 Å². The van der Waals surface area contributed by atoms with E-state index in [1.165, 1.54) is 6.42 Å². The molecule has 0 aliphatic heterocycles. The molecule has 0 bridgehead atoms. The lowest BCUT2D eigenvalue weighted by Gasteiger charge is -2.27. The third-order valence-corrected chi connectivity index (χ3v) is 5.17. The van der Waals surface area contributed by atoms with Gasteiger partial charge in [0.05, 0.1) is 11.8 Å². The lowest BCUT2D eigenvalue weighted by molar-refractivity contribution is -0.143. The van der Waals surface area contributed by atoms with Crippen LogP contribution < -0.4 is 11.1 Å². The number of carboxylic acid groups (broad SMARTS) is 1. The molecule has 0 aromatic carbocycles. The van der Waals surface area contributed by atoms with Gasteiger partial charge in [-0.05, 0) is 44.4 Å². The summed E-state index contributed by atoms with van der Waals surface area (Å²) in [6, 6.07) is -0.00440. The molecule has 5 nitrogen and oxygen atoms in total. The highest BCUT2D eigenvalue weighted by Crippen LogP contribution is 2.29. The smallest absolute Gasteiger partial charge is 0.306 e. The second-order valence-electron chi connectivity index (χ2n) is 6.71. The van der Waals surface area contributed by atoms with Gasteiger partial charge >= 0.3 is 5.97 Å². The Morgan fingerprint density at radius 2 is 1.67 bits per heavy atom. The average Bonchev–Trinajstić information content (AvgIpc) is 2.70. The molecule has 0 saturated heterocycles. The Bertz CT molecular complexity index is 365. The Hall–Kier alpha value is -1.10. The lowest BCUT2D eigenvalue weighted by Crippen LogP contribution is -2.43. The van der Waals surface area contributed by atoms with Crippen LogP contribution in [0.1, 0.15) is 57.8 Å². The van der Waals surface area contributed by atoms with E-state index in [1.54, 1.807) is 0 Å². The first-order chi connectivity index (χ1) is 10.1. The van der Waals surface area contributed by atoms with Crippen molar-refractivity contribution in [1.82, 2.24) is 5.32 Å². The number of hydrogen-bond acceptors (Lipinski definition) is 3. The van der Waals surface area contributed by atoms with Gasteiger partial charge in [-0.25, -0.2) is 0 Å². The fourth-order valence-electron chi connectivity index (χ4n) is 3.65. The summed E-state index contributed by atoms with van der Waals surface area (Å²) < 4.78 is 0. The van der Waals surface area contributed by atoms with Crippen molar-refractivity contribution in [3.63, 3.8) is 0 Å². The number of nitrogens with two attached hydrogens (primary N) is 1. The van der Waals surface area contributed by atoms with E-state index in [2.05, 4.69) is 5.32 Å². The number of carbonyl (C=O) groups is 2. The van der Waals surface area contributed by atoms with Gasteiger partial charge in [0.1, 0.15) is 0 Å². The molecular weight excluding hydrogens is 268 g/mol. The van der Waals surface area contributed by atoms with Crippen LogP contribution in [0.25, 0.3) is 0 Å². The molecule has 2 aliphatic carbocycles. The van der Waals surface area contributed by atoms with Crippen LogP contribution in [0.5, 0.6) is 0 Å². The number of aliphatic carboxylic acids is 1. The quantitative estimate of drug-likeness (QED) is 0.691. The Labute approximate surface area is 126 Å². The summed E-state index contributed by atoms with van der Waals surface area (Å²) in [7, 11) is 0. The van der Waals surface area contributed by atoms with Crippen LogP contribution in [0.2, 0.25) is 0 Å². The number of nitrogens with one attached hydrogen (secondary N) is 1. The van der Waals surface area contributed by atoms with Gasteiger partial charge in [-0.3, -0.25) is 9.59 Å². The van der Waals surface area contributed by atoms with E-state index < -0.39 is 5.97 Å². The summed E-state index contributed by atoms with van der Waals surface area (Å²) in [5, 5.41) is 12.0. The first-order valence-electron chi connectivity index (χ1n) is 8.34. The maximum absolute atomic E-state index is 12.3. The van der Waals surface area contributed by atoms with Gasteiger partial charge in [-0.1, -0.05) is 19.3 Å². The van der Waals surface area contributed by atoms with E-state index in [4.69, 9.17) is 10.8 Å². The molecule has 5 heteroatoms. The topological polar surface area (TPSA) is 92.4 Å². The first kappa shape index (κ1) is 16.3. The molecule has 1 amide bonds. The molecule has 2 unspecified atom stereocenters. The molecule has 0 aromatic rings. The van der Waals surface area contributed by atoms with Crippen LogP contribution in [-0.4, -0.2) is 29.6 Å². The normalized spacial score (nSPS) is 34.0. The molecule has 120 valence electrons. The molecular formula is C16H28N2O3. The highest BCUT2D eigenvalue weighted by molar-refractivity contribution is 5.79. The molecule has 0 heterocycles. The molecule has 2 atom stereocenters. The Balaban J connectivity index is 1.72. The summed E-state index contributed by atoms with van der Waals surface area (Å²) in [5.41, 5.74) is 6.11. The second-order valence-corrected chi connectivity index (χ2v) is 6.71. The molecule has 21 heavy (non-hydrogen) atoms. The van der Waals surface area contributed by atoms with Crippen molar-refractivity contribution in [3.05, 3.63) is 0 Å². The van der Waals surface area contributed by atoms with Crippen molar-refractivity contribution in [2.45, 2.75) is 63.8 Å². The van der Waals surface area contributed by atoms with Crippen molar-refractivity contribution >= 4 is 11.9 Å². The summed E-state index contributed by atoms with van der Waals surface area (Å²) >= 11 is 0. The van der Waals surface area contributed by atoms with Crippen molar-refractivity contribution in [2.75, 3.05) is 6.54 Å². The summed E-state index contributed by atoms with van der Waals surface area (Å²) in [4.78, 5) is 23.2. The molecule has 2 saturated carbocycles.